The minimum atomic E-state index is -1.54. The van der Waals surface area contributed by atoms with Gasteiger partial charge in [0.15, 0.2) is 0 Å². The summed E-state index contributed by atoms with van der Waals surface area (Å²) in [5, 5.41) is 0. The molecule has 0 saturated carbocycles. The molecule has 0 aromatic rings. The molecular weight excluding hydrogens is 275 g/mol. The molecule has 0 saturated heterocycles. The van der Waals surface area contributed by atoms with Crippen molar-refractivity contribution in [2.75, 3.05) is 0 Å². The van der Waals surface area contributed by atoms with Crippen molar-refractivity contribution in [1.82, 2.24) is 0 Å². The first-order valence-corrected chi connectivity index (χ1v) is 16.2. The van der Waals surface area contributed by atoms with Crippen molar-refractivity contribution >= 4 is 18.4 Å². The van der Waals surface area contributed by atoms with E-state index in [0.717, 1.165) is 0 Å². The number of hydrogen-bond acceptors (Lipinski definition) is 0. The molecule has 0 heterocycles. The topological polar surface area (TPSA) is 0 Å². The molecule has 0 aliphatic heterocycles. The van der Waals surface area contributed by atoms with E-state index in [1.54, 1.807) is 5.57 Å². The van der Waals surface area contributed by atoms with Crippen LogP contribution in [0.4, 0.5) is 0 Å². The standard InChI is InChI=1S/C10H17.3CH3.Sn/c1-5-10(4)8-6-7-9(2)3;;;;/h5,7H,1,6,8H2,2-4H3;3*1H3;/b10-5+;;;;. The van der Waals surface area contributed by atoms with Crippen LogP contribution >= 0.6 is 0 Å². The van der Waals surface area contributed by atoms with Crippen molar-refractivity contribution in [3.05, 3.63) is 23.3 Å². The Morgan fingerprint density at radius 1 is 1.00 bits per heavy atom. The van der Waals surface area contributed by atoms with Crippen molar-refractivity contribution in [3.63, 3.8) is 0 Å². The van der Waals surface area contributed by atoms with Crippen LogP contribution in [0.2, 0.25) is 19.3 Å². The zero-order chi connectivity index (χ0) is 11.2. The quantitative estimate of drug-likeness (QED) is 0.494. The van der Waals surface area contributed by atoms with E-state index in [9.17, 15) is 0 Å². The summed E-state index contributed by atoms with van der Waals surface area (Å²) in [6.45, 7) is 6.62. The summed E-state index contributed by atoms with van der Waals surface area (Å²) in [6, 6.07) is 0. The first-order valence-electron chi connectivity index (χ1n) is 5.60. The van der Waals surface area contributed by atoms with Crippen molar-refractivity contribution in [2.24, 2.45) is 0 Å². The molecule has 0 radical (unpaired) electrons. The molecule has 0 aromatic heterocycles. The molecular formula is C13H26Sn. The molecule has 0 atom stereocenters. The molecule has 0 aliphatic rings. The van der Waals surface area contributed by atoms with Gasteiger partial charge < -0.3 is 0 Å². The summed E-state index contributed by atoms with van der Waals surface area (Å²) < 4.78 is 1.40. The molecule has 0 spiro atoms. The van der Waals surface area contributed by atoms with E-state index < -0.39 is 18.4 Å². The molecule has 14 heavy (non-hydrogen) atoms. The maximum absolute atomic E-state index is 2.49. The fourth-order valence-electron chi connectivity index (χ4n) is 1.17. The Morgan fingerprint density at radius 2 is 1.57 bits per heavy atom. The van der Waals surface area contributed by atoms with Gasteiger partial charge in [-0.05, 0) is 0 Å². The van der Waals surface area contributed by atoms with Gasteiger partial charge in [0.2, 0.25) is 0 Å². The normalized spacial score (nSPS) is 12.9. The van der Waals surface area contributed by atoms with E-state index in [1.807, 2.05) is 0 Å². The number of rotatable bonds is 5. The Bertz CT molecular complexity index is 212. The van der Waals surface area contributed by atoms with Crippen LogP contribution in [0.25, 0.3) is 0 Å². The number of allylic oxidation sites excluding steroid dienone is 4. The van der Waals surface area contributed by atoms with Crippen molar-refractivity contribution in [1.29, 1.82) is 0 Å². The summed E-state index contributed by atoms with van der Waals surface area (Å²) in [6.07, 6.45) is 7.27. The van der Waals surface area contributed by atoms with Gasteiger partial charge in [0.05, 0.1) is 0 Å². The summed E-state index contributed by atoms with van der Waals surface area (Å²) in [4.78, 5) is 7.48. The maximum atomic E-state index is 2.49. The van der Waals surface area contributed by atoms with E-state index in [4.69, 9.17) is 0 Å². The molecule has 0 N–H and O–H groups in total. The molecule has 0 fully saturated rings. The van der Waals surface area contributed by atoms with Crippen LogP contribution in [0, 0.1) is 0 Å². The Labute approximate surface area is 94.4 Å². The monoisotopic (exact) mass is 302 g/mol. The Kier molecular flexibility index (Phi) is 6.84. The molecule has 0 aromatic carbocycles. The fourth-order valence-corrected chi connectivity index (χ4v) is 3.91. The van der Waals surface area contributed by atoms with Crippen LogP contribution in [0.3, 0.4) is 0 Å². The van der Waals surface area contributed by atoms with Gasteiger partial charge in [-0.2, -0.15) is 0 Å². The zero-order valence-corrected chi connectivity index (χ0v) is 13.6. The van der Waals surface area contributed by atoms with Gasteiger partial charge in [-0.3, -0.25) is 0 Å². The Morgan fingerprint density at radius 3 is 2.00 bits per heavy atom. The van der Waals surface area contributed by atoms with Gasteiger partial charge in [0.25, 0.3) is 0 Å². The molecule has 1 heteroatoms. The van der Waals surface area contributed by atoms with E-state index in [1.165, 1.54) is 22.9 Å². The zero-order valence-electron chi connectivity index (χ0n) is 10.8. The third kappa shape index (κ3) is 10.4. The third-order valence-electron chi connectivity index (χ3n) is 2.15. The van der Waals surface area contributed by atoms with Crippen LogP contribution in [-0.4, -0.2) is 18.4 Å². The molecule has 0 rings (SSSR count). The summed E-state index contributed by atoms with van der Waals surface area (Å²) in [7, 11) is 0. The molecule has 0 amide bonds. The second-order valence-electron chi connectivity index (χ2n) is 5.64. The van der Waals surface area contributed by atoms with Gasteiger partial charge in [-0.15, -0.1) is 0 Å². The number of hydrogen-bond donors (Lipinski definition) is 0. The first-order chi connectivity index (χ1) is 6.31. The van der Waals surface area contributed by atoms with E-state index >= 15 is 0 Å². The Hall–Kier alpha value is 0.279. The average molecular weight is 301 g/mol. The molecule has 0 unspecified atom stereocenters. The predicted octanol–water partition coefficient (Wildman–Crippen LogP) is 5.02. The van der Waals surface area contributed by atoms with Crippen LogP contribution in [-0.2, 0) is 0 Å². The third-order valence-corrected chi connectivity index (χ3v) is 6.23. The SMILES string of the molecule is CC(C)=CCC/C(C)=C/[CH2][Sn]([CH3])([CH3])[CH3]. The molecule has 0 nitrogen and oxygen atoms in total. The van der Waals surface area contributed by atoms with E-state index in [-0.39, 0.29) is 0 Å². The van der Waals surface area contributed by atoms with E-state index in [2.05, 4.69) is 47.7 Å². The van der Waals surface area contributed by atoms with E-state index in [0.29, 0.717) is 0 Å². The first kappa shape index (κ1) is 14.3. The molecule has 82 valence electrons. The second kappa shape index (κ2) is 6.71. The minimum absolute atomic E-state index is 1.21. The predicted molar refractivity (Wildman–Crippen MR) is 70.6 cm³/mol. The Balaban J connectivity index is 3.85. The van der Waals surface area contributed by atoms with Crippen LogP contribution in [0.15, 0.2) is 23.3 Å². The molecule has 0 aliphatic carbocycles. The van der Waals surface area contributed by atoms with Crippen LogP contribution in [0.5, 0.6) is 0 Å². The van der Waals surface area contributed by atoms with Crippen molar-refractivity contribution in [2.45, 2.75) is 52.9 Å². The van der Waals surface area contributed by atoms with Gasteiger partial charge in [0, 0.05) is 0 Å². The van der Waals surface area contributed by atoms with Gasteiger partial charge in [-0.1, -0.05) is 0 Å². The van der Waals surface area contributed by atoms with Gasteiger partial charge >= 0.3 is 94.5 Å². The van der Waals surface area contributed by atoms with Crippen LogP contribution in [0.1, 0.15) is 33.6 Å². The summed E-state index contributed by atoms with van der Waals surface area (Å²) in [5.41, 5.74) is 3.02. The van der Waals surface area contributed by atoms with Gasteiger partial charge in [-0.25, -0.2) is 0 Å². The summed E-state index contributed by atoms with van der Waals surface area (Å²) in [5.74, 6) is 0. The summed E-state index contributed by atoms with van der Waals surface area (Å²) >= 11 is -1.54. The van der Waals surface area contributed by atoms with Gasteiger partial charge in [0.1, 0.15) is 0 Å². The van der Waals surface area contributed by atoms with Crippen LogP contribution < -0.4 is 0 Å². The average Bonchev–Trinajstić information content (AvgIpc) is 1.99. The fraction of sp³-hybridized carbons (Fsp3) is 0.692. The van der Waals surface area contributed by atoms with Crippen molar-refractivity contribution in [3.8, 4) is 0 Å². The molecule has 0 bridgehead atoms. The van der Waals surface area contributed by atoms with Crippen molar-refractivity contribution < 1.29 is 0 Å². The second-order valence-corrected chi connectivity index (χ2v) is 21.4.